The van der Waals surface area contributed by atoms with E-state index in [1.54, 1.807) is 0 Å². The van der Waals surface area contributed by atoms with E-state index in [-0.39, 0.29) is 24.4 Å². The Morgan fingerprint density at radius 3 is 1.85 bits per heavy atom. The van der Waals surface area contributed by atoms with Crippen molar-refractivity contribution in [3.63, 3.8) is 0 Å². The first-order valence-electron chi connectivity index (χ1n) is 9.71. The monoisotopic (exact) mass is 365 g/mol. The fourth-order valence-electron chi connectivity index (χ4n) is 3.62. The minimum atomic E-state index is -0.363. The van der Waals surface area contributed by atoms with Gasteiger partial charge in [-0.2, -0.15) is 0 Å². The second-order valence-corrected chi connectivity index (χ2v) is 9.00. The van der Waals surface area contributed by atoms with Crippen molar-refractivity contribution in [3.8, 4) is 0 Å². The molecule has 0 radical (unpaired) electrons. The van der Waals surface area contributed by atoms with Gasteiger partial charge in [0.1, 0.15) is 0 Å². The third kappa shape index (κ3) is 3.84. The van der Waals surface area contributed by atoms with Crippen LogP contribution < -0.4 is 5.46 Å². The fourth-order valence-corrected chi connectivity index (χ4v) is 3.62. The summed E-state index contributed by atoms with van der Waals surface area (Å²) in [5.41, 5.74) is 5.40. The molecule has 144 valence electrons. The summed E-state index contributed by atoms with van der Waals surface area (Å²) in [6, 6.07) is 15.5. The molecule has 0 bridgehead atoms. The van der Waals surface area contributed by atoms with E-state index in [2.05, 4.69) is 103 Å². The topological polar surface area (TPSA) is 21.7 Å². The predicted octanol–water partition coefficient (Wildman–Crippen LogP) is 4.25. The minimum Gasteiger partial charge on any atom is -0.399 e. The SMILES string of the molecule is Cc1ccc([C@@H](c2ccc(C)cc2B2OC(C)(C)C(C)(C)O2)N(C)C)cc1. The molecule has 1 aliphatic rings. The number of hydrogen-bond acceptors (Lipinski definition) is 3. The molecule has 3 rings (SSSR count). The Morgan fingerprint density at radius 1 is 0.815 bits per heavy atom. The van der Waals surface area contributed by atoms with Gasteiger partial charge in [-0.15, -0.1) is 0 Å². The average molecular weight is 365 g/mol. The number of aryl methyl sites for hydroxylation is 2. The molecular weight excluding hydrogens is 333 g/mol. The Hall–Kier alpha value is -1.62. The van der Waals surface area contributed by atoms with Crippen LogP contribution in [0.5, 0.6) is 0 Å². The van der Waals surface area contributed by atoms with Crippen molar-refractivity contribution in [2.24, 2.45) is 0 Å². The Labute approximate surface area is 164 Å². The van der Waals surface area contributed by atoms with Gasteiger partial charge >= 0.3 is 7.12 Å². The quantitative estimate of drug-likeness (QED) is 0.756. The minimum absolute atomic E-state index is 0.139. The molecule has 3 nitrogen and oxygen atoms in total. The molecule has 27 heavy (non-hydrogen) atoms. The molecule has 0 aliphatic carbocycles. The lowest BCUT2D eigenvalue weighted by atomic mass is 9.72. The summed E-state index contributed by atoms with van der Waals surface area (Å²) in [6.07, 6.45) is 0. The molecule has 1 heterocycles. The third-order valence-corrected chi connectivity index (χ3v) is 5.95. The maximum absolute atomic E-state index is 6.39. The van der Waals surface area contributed by atoms with Gasteiger partial charge in [0.25, 0.3) is 0 Å². The van der Waals surface area contributed by atoms with E-state index in [1.807, 2.05) is 0 Å². The van der Waals surface area contributed by atoms with Gasteiger partial charge in [0, 0.05) is 0 Å². The molecule has 1 atom stereocenters. The first-order chi connectivity index (χ1) is 12.5. The van der Waals surface area contributed by atoms with Gasteiger partial charge in [0.15, 0.2) is 0 Å². The highest BCUT2D eigenvalue weighted by Crippen LogP contribution is 2.37. The van der Waals surface area contributed by atoms with Crippen LogP contribution >= 0.6 is 0 Å². The fraction of sp³-hybridized carbons (Fsp3) is 0.478. The lowest BCUT2D eigenvalue weighted by molar-refractivity contribution is 0.00578. The van der Waals surface area contributed by atoms with Crippen LogP contribution in [0.25, 0.3) is 0 Å². The summed E-state index contributed by atoms with van der Waals surface area (Å²) < 4.78 is 12.8. The number of benzene rings is 2. The van der Waals surface area contributed by atoms with Gasteiger partial charge in [-0.1, -0.05) is 53.6 Å². The predicted molar refractivity (Wildman–Crippen MR) is 114 cm³/mol. The summed E-state index contributed by atoms with van der Waals surface area (Å²) in [5, 5.41) is 0. The van der Waals surface area contributed by atoms with Crippen molar-refractivity contribution < 1.29 is 9.31 Å². The standard InChI is InChI=1S/C23H32BNO2/c1-16-9-12-18(13-10-16)21(25(7)8)19-14-11-17(2)15-20(19)24-26-22(3,4)23(5,6)27-24/h9-15,21H,1-8H3/t21-/m0/s1. The summed E-state index contributed by atoms with van der Waals surface area (Å²) in [6.45, 7) is 12.7. The molecule has 4 heteroatoms. The van der Waals surface area contributed by atoms with E-state index in [0.717, 1.165) is 5.46 Å². The van der Waals surface area contributed by atoms with Gasteiger partial charge < -0.3 is 9.31 Å². The largest absolute Gasteiger partial charge is 0.495 e. The Bertz CT molecular complexity index is 796. The van der Waals surface area contributed by atoms with E-state index < -0.39 is 0 Å². The van der Waals surface area contributed by atoms with E-state index in [0.29, 0.717) is 0 Å². The smallest absolute Gasteiger partial charge is 0.399 e. The maximum Gasteiger partial charge on any atom is 0.495 e. The van der Waals surface area contributed by atoms with E-state index >= 15 is 0 Å². The molecular formula is C23H32BNO2. The summed E-state index contributed by atoms with van der Waals surface area (Å²) in [7, 11) is 3.88. The van der Waals surface area contributed by atoms with Crippen LogP contribution in [0, 0.1) is 13.8 Å². The van der Waals surface area contributed by atoms with E-state index in [1.165, 1.54) is 22.3 Å². The Balaban J connectivity index is 2.09. The Kier molecular flexibility index (Phi) is 5.28. The van der Waals surface area contributed by atoms with Gasteiger partial charge in [-0.3, -0.25) is 4.90 Å². The number of nitrogens with zero attached hydrogens (tertiary/aromatic N) is 1. The highest BCUT2D eigenvalue weighted by molar-refractivity contribution is 6.62. The van der Waals surface area contributed by atoms with Crippen molar-refractivity contribution >= 4 is 12.6 Å². The Morgan fingerprint density at radius 2 is 1.33 bits per heavy atom. The van der Waals surface area contributed by atoms with Crippen LogP contribution in [0.15, 0.2) is 42.5 Å². The van der Waals surface area contributed by atoms with Gasteiger partial charge in [-0.05, 0) is 72.2 Å². The first-order valence-corrected chi connectivity index (χ1v) is 9.71. The molecule has 2 aromatic carbocycles. The summed E-state index contributed by atoms with van der Waals surface area (Å²) >= 11 is 0. The number of rotatable bonds is 4. The second-order valence-electron chi connectivity index (χ2n) is 9.00. The molecule has 0 amide bonds. The molecule has 0 unspecified atom stereocenters. The number of hydrogen-bond donors (Lipinski definition) is 0. The highest BCUT2D eigenvalue weighted by atomic mass is 16.7. The van der Waals surface area contributed by atoms with Crippen LogP contribution in [-0.2, 0) is 9.31 Å². The molecule has 1 saturated heterocycles. The van der Waals surface area contributed by atoms with E-state index in [4.69, 9.17) is 9.31 Å². The molecule has 1 fully saturated rings. The normalized spacial score (nSPS) is 19.5. The van der Waals surface area contributed by atoms with Crippen molar-refractivity contribution in [1.29, 1.82) is 0 Å². The van der Waals surface area contributed by atoms with Crippen LogP contribution in [0.1, 0.15) is 56.0 Å². The second kappa shape index (κ2) is 7.08. The van der Waals surface area contributed by atoms with Crippen LogP contribution in [0.2, 0.25) is 0 Å². The summed E-state index contributed by atoms with van der Waals surface area (Å²) in [4.78, 5) is 2.25. The lowest BCUT2D eigenvalue weighted by Gasteiger charge is -2.32. The zero-order chi connectivity index (χ0) is 20.0. The molecule has 0 N–H and O–H groups in total. The zero-order valence-corrected chi connectivity index (χ0v) is 18.0. The van der Waals surface area contributed by atoms with E-state index in [9.17, 15) is 0 Å². The molecule has 0 aromatic heterocycles. The van der Waals surface area contributed by atoms with Crippen molar-refractivity contribution in [2.45, 2.75) is 58.8 Å². The van der Waals surface area contributed by atoms with Gasteiger partial charge in [0.2, 0.25) is 0 Å². The molecule has 0 saturated carbocycles. The van der Waals surface area contributed by atoms with Crippen molar-refractivity contribution in [2.75, 3.05) is 14.1 Å². The highest BCUT2D eigenvalue weighted by Gasteiger charge is 2.52. The first kappa shape index (κ1) is 20.1. The summed E-state index contributed by atoms with van der Waals surface area (Å²) in [5.74, 6) is 0. The van der Waals surface area contributed by atoms with Crippen molar-refractivity contribution in [3.05, 3.63) is 64.7 Å². The lowest BCUT2D eigenvalue weighted by Crippen LogP contribution is -2.41. The van der Waals surface area contributed by atoms with Crippen LogP contribution in [-0.4, -0.2) is 37.3 Å². The molecule has 2 aromatic rings. The van der Waals surface area contributed by atoms with Gasteiger partial charge in [-0.25, -0.2) is 0 Å². The molecule has 1 aliphatic heterocycles. The average Bonchev–Trinajstić information content (AvgIpc) is 2.78. The zero-order valence-electron chi connectivity index (χ0n) is 18.0. The van der Waals surface area contributed by atoms with Crippen LogP contribution in [0.3, 0.4) is 0 Å². The van der Waals surface area contributed by atoms with Crippen molar-refractivity contribution in [1.82, 2.24) is 4.90 Å². The third-order valence-electron chi connectivity index (χ3n) is 5.95. The molecule has 0 spiro atoms. The van der Waals surface area contributed by atoms with Gasteiger partial charge in [0.05, 0.1) is 17.2 Å². The van der Waals surface area contributed by atoms with Crippen LogP contribution in [0.4, 0.5) is 0 Å². The maximum atomic E-state index is 6.39.